The van der Waals surface area contributed by atoms with Crippen molar-refractivity contribution in [2.24, 2.45) is 11.8 Å². The van der Waals surface area contributed by atoms with Crippen molar-refractivity contribution in [2.45, 2.75) is 76.4 Å². The lowest BCUT2D eigenvalue weighted by atomic mass is 9.83. The molecule has 3 aromatic heterocycles. The Kier molecular flexibility index (Phi) is 7.65. The first-order valence-electron chi connectivity index (χ1n) is 13.9. The van der Waals surface area contributed by atoms with Gasteiger partial charge in [0.05, 0.1) is 17.3 Å². The van der Waals surface area contributed by atoms with Crippen LogP contribution in [0.5, 0.6) is 0 Å². The Bertz CT molecular complexity index is 1590. The molecule has 1 fully saturated rings. The largest absolute Gasteiger partial charge is 0.362 e. The first-order valence-corrected chi connectivity index (χ1v) is 16.1. The van der Waals surface area contributed by atoms with Gasteiger partial charge in [0.1, 0.15) is 11.6 Å². The Morgan fingerprint density at radius 3 is 2.56 bits per heavy atom. The van der Waals surface area contributed by atoms with Crippen LogP contribution in [0.1, 0.15) is 82.2 Å². The minimum Gasteiger partial charge on any atom is -0.362 e. The fraction of sp³-hybridized carbons (Fsp3) is 0.467. The minimum atomic E-state index is -4.27. The van der Waals surface area contributed by atoms with Gasteiger partial charge in [-0.05, 0) is 74.9 Å². The smallest absolute Gasteiger partial charge is 0.281 e. The summed E-state index contributed by atoms with van der Waals surface area (Å²) in [6, 6.07) is 11.8. The van der Waals surface area contributed by atoms with Crippen LogP contribution in [0.25, 0.3) is 0 Å². The van der Waals surface area contributed by atoms with E-state index >= 15 is 0 Å². The molecule has 2 aliphatic heterocycles. The van der Waals surface area contributed by atoms with Crippen molar-refractivity contribution in [1.29, 1.82) is 0 Å². The maximum atomic E-state index is 13.6. The molecule has 2 N–H and O–H groups in total. The molecular formula is C30H37BrN6O3S. The zero-order valence-electron chi connectivity index (χ0n) is 24.3. The lowest BCUT2D eigenvalue weighted by Gasteiger charge is -2.34. The molecule has 5 rings (SSSR count). The van der Waals surface area contributed by atoms with Crippen LogP contribution in [0, 0.1) is 11.8 Å². The van der Waals surface area contributed by atoms with Crippen molar-refractivity contribution in [3.8, 4) is 0 Å². The van der Waals surface area contributed by atoms with Gasteiger partial charge in [-0.1, -0.05) is 49.7 Å². The molecule has 11 heteroatoms. The molecule has 0 spiro atoms. The van der Waals surface area contributed by atoms with Crippen molar-refractivity contribution in [2.75, 3.05) is 16.8 Å². The van der Waals surface area contributed by atoms with Gasteiger partial charge in [0, 0.05) is 33.9 Å². The second-order valence-electron chi connectivity index (χ2n) is 12.8. The number of fused-ring (bicyclic) bond motifs is 6. The van der Waals surface area contributed by atoms with Crippen molar-refractivity contribution >= 4 is 43.5 Å². The second kappa shape index (κ2) is 10.7. The van der Waals surface area contributed by atoms with E-state index in [4.69, 9.17) is 4.98 Å². The summed E-state index contributed by atoms with van der Waals surface area (Å²) in [4.78, 5) is 29.8. The van der Waals surface area contributed by atoms with Crippen LogP contribution in [0.4, 0.5) is 11.6 Å². The average molecular weight is 642 g/mol. The molecule has 2 aliphatic rings. The van der Waals surface area contributed by atoms with E-state index in [0.29, 0.717) is 24.1 Å². The fourth-order valence-corrected chi connectivity index (χ4v) is 7.07. The van der Waals surface area contributed by atoms with Crippen LogP contribution in [0.3, 0.4) is 0 Å². The van der Waals surface area contributed by atoms with E-state index in [2.05, 4.69) is 82.4 Å². The SMILES string of the molecule is C[C@H]1CC(c2cc(Br)ccn2)Nc2cccc(n2)S(=O)(=O)NC(=O)c2ccc(C(C)(C)C)nc2N2C[C@@H]1CC2(C)C. The van der Waals surface area contributed by atoms with Crippen LogP contribution in [0.2, 0.25) is 0 Å². The molecule has 41 heavy (non-hydrogen) atoms. The van der Waals surface area contributed by atoms with Crippen LogP contribution in [-0.4, -0.2) is 41.4 Å². The number of halogens is 1. The molecule has 218 valence electrons. The third kappa shape index (κ3) is 6.11. The number of pyridine rings is 3. The number of carbonyl (C=O) groups excluding carboxylic acids is 1. The normalized spacial score (nSPS) is 23.9. The number of nitrogens with one attached hydrogen (secondary N) is 2. The van der Waals surface area contributed by atoms with Gasteiger partial charge in [-0.2, -0.15) is 8.42 Å². The fourth-order valence-electron chi connectivity index (χ4n) is 5.78. The van der Waals surface area contributed by atoms with Crippen molar-refractivity contribution in [3.05, 3.63) is 70.1 Å². The van der Waals surface area contributed by atoms with E-state index in [1.807, 2.05) is 12.1 Å². The number of amides is 1. The molecule has 1 saturated heterocycles. The van der Waals surface area contributed by atoms with Crippen LogP contribution < -0.4 is 14.9 Å². The predicted octanol–water partition coefficient (Wildman–Crippen LogP) is 5.85. The van der Waals surface area contributed by atoms with Crippen LogP contribution in [-0.2, 0) is 15.4 Å². The number of rotatable bonds is 1. The summed E-state index contributed by atoms with van der Waals surface area (Å²) in [7, 11) is -4.27. The Hall–Kier alpha value is -3.05. The van der Waals surface area contributed by atoms with Crippen LogP contribution in [0.15, 0.2) is 58.2 Å². The summed E-state index contributed by atoms with van der Waals surface area (Å²) in [5.41, 5.74) is 1.32. The Morgan fingerprint density at radius 2 is 1.85 bits per heavy atom. The quantitative estimate of drug-likeness (QED) is 0.340. The molecular weight excluding hydrogens is 604 g/mol. The third-order valence-corrected chi connectivity index (χ3v) is 9.84. The Morgan fingerprint density at radius 1 is 1.10 bits per heavy atom. The van der Waals surface area contributed by atoms with Crippen molar-refractivity contribution in [3.63, 3.8) is 0 Å². The number of hydrogen-bond donors (Lipinski definition) is 2. The molecule has 0 aliphatic carbocycles. The molecule has 1 amide bonds. The zero-order valence-corrected chi connectivity index (χ0v) is 26.7. The maximum absolute atomic E-state index is 13.6. The number of aromatic nitrogens is 3. The first kappa shape index (κ1) is 29.4. The van der Waals surface area contributed by atoms with Gasteiger partial charge in [0.15, 0.2) is 5.03 Å². The molecule has 3 atom stereocenters. The Balaban J connectivity index is 1.66. The minimum absolute atomic E-state index is 0.220. The lowest BCUT2D eigenvalue weighted by Crippen LogP contribution is -2.41. The third-order valence-electron chi connectivity index (χ3n) is 8.11. The summed E-state index contributed by atoms with van der Waals surface area (Å²) in [5, 5.41) is 3.19. The van der Waals surface area contributed by atoms with E-state index in [1.54, 1.807) is 30.5 Å². The summed E-state index contributed by atoms with van der Waals surface area (Å²) < 4.78 is 30.0. The molecule has 0 aromatic carbocycles. The maximum Gasteiger partial charge on any atom is 0.281 e. The molecule has 0 radical (unpaired) electrons. The molecule has 1 unspecified atom stereocenters. The molecule has 9 nitrogen and oxygen atoms in total. The van der Waals surface area contributed by atoms with Gasteiger partial charge in [-0.3, -0.25) is 9.78 Å². The van der Waals surface area contributed by atoms with E-state index < -0.39 is 15.9 Å². The highest BCUT2D eigenvalue weighted by Gasteiger charge is 2.43. The van der Waals surface area contributed by atoms with E-state index in [9.17, 15) is 13.2 Å². The van der Waals surface area contributed by atoms with Crippen molar-refractivity contribution in [1.82, 2.24) is 19.7 Å². The topological polar surface area (TPSA) is 117 Å². The number of nitrogens with zero attached hydrogens (tertiary/aromatic N) is 4. The van der Waals surface area contributed by atoms with E-state index in [0.717, 1.165) is 28.7 Å². The predicted molar refractivity (Wildman–Crippen MR) is 163 cm³/mol. The summed E-state index contributed by atoms with van der Waals surface area (Å²) in [5.74, 6) is 0.721. The zero-order chi connectivity index (χ0) is 29.7. The highest BCUT2D eigenvalue weighted by molar-refractivity contribution is 9.10. The van der Waals surface area contributed by atoms with E-state index in [1.165, 1.54) is 6.07 Å². The number of hydrogen-bond acceptors (Lipinski definition) is 8. The monoisotopic (exact) mass is 640 g/mol. The van der Waals surface area contributed by atoms with Crippen LogP contribution >= 0.6 is 15.9 Å². The van der Waals surface area contributed by atoms with Crippen molar-refractivity contribution < 1.29 is 13.2 Å². The van der Waals surface area contributed by atoms with Gasteiger partial charge >= 0.3 is 0 Å². The van der Waals surface area contributed by atoms with Gasteiger partial charge in [-0.15, -0.1) is 0 Å². The average Bonchev–Trinajstić information content (AvgIpc) is 3.22. The summed E-state index contributed by atoms with van der Waals surface area (Å²) in [6.07, 6.45) is 3.39. The molecule has 5 heterocycles. The molecule has 4 bridgehead atoms. The molecule has 3 aromatic rings. The highest BCUT2D eigenvalue weighted by atomic mass is 79.9. The first-order chi connectivity index (χ1) is 19.1. The highest BCUT2D eigenvalue weighted by Crippen LogP contribution is 2.43. The van der Waals surface area contributed by atoms with E-state index in [-0.39, 0.29) is 33.5 Å². The van der Waals surface area contributed by atoms with Gasteiger partial charge in [-0.25, -0.2) is 14.7 Å². The number of anilines is 2. The summed E-state index contributed by atoms with van der Waals surface area (Å²) >= 11 is 3.56. The molecule has 0 saturated carbocycles. The number of sulfonamides is 1. The van der Waals surface area contributed by atoms with Gasteiger partial charge in [0.25, 0.3) is 15.9 Å². The summed E-state index contributed by atoms with van der Waals surface area (Å²) in [6.45, 7) is 13.5. The standard InChI is InChI=1S/C30H37BrN6O3S/c1-18-14-23(22-15-20(31)12-13-32-22)33-25-8-7-9-26(35-25)41(39,40)36-28(38)21-10-11-24(29(2,3)4)34-27(21)37-17-19(18)16-30(37,5)6/h7-13,15,18-19,23H,14,16-17H2,1-6H3,(H,33,35)(H,36,38)/t18-,19-,23?/m0/s1. The lowest BCUT2D eigenvalue weighted by molar-refractivity contribution is 0.0981. The Labute approximate surface area is 250 Å². The van der Waals surface area contributed by atoms with Gasteiger partial charge < -0.3 is 10.2 Å². The second-order valence-corrected chi connectivity index (χ2v) is 15.4. The number of carbonyl (C=O) groups is 1. The van der Waals surface area contributed by atoms with Gasteiger partial charge in [0.2, 0.25) is 0 Å².